The molecule has 1 atom stereocenters. The van der Waals surface area contributed by atoms with Crippen LogP contribution in [0, 0.1) is 5.82 Å². The summed E-state index contributed by atoms with van der Waals surface area (Å²) < 4.78 is 14.6. The van der Waals surface area contributed by atoms with E-state index in [-0.39, 0.29) is 24.7 Å². The van der Waals surface area contributed by atoms with Crippen LogP contribution < -0.4 is 5.32 Å². The topological polar surface area (TPSA) is 49.3 Å². The van der Waals surface area contributed by atoms with Crippen LogP contribution >= 0.6 is 11.3 Å². The molecular weight excluding hydrogens is 325 g/mol. The van der Waals surface area contributed by atoms with Gasteiger partial charge in [0, 0.05) is 22.5 Å². The fourth-order valence-electron chi connectivity index (χ4n) is 2.52. The van der Waals surface area contributed by atoms with Crippen molar-refractivity contribution >= 4 is 27.3 Å². The maximum atomic E-state index is 13.5. The van der Waals surface area contributed by atoms with Crippen molar-refractivity contribution in [3.05, 3.63) is 70.9 Å². The van der Waals surface area contributed by atoms with E-state index in [9.17, 15) is 14.3 Å². The first-order chi connectivity index (χ1) is 11.6. The molecule has 1 heterocycles. The third kappa shape index (κ3) is 3.99. The van der Waals surface area contributed by atoms with Crippen LogP contribution in [0.2, 0.25) is 0 Å². The molecule has 5 heteroatoms. The minimum absolute atomic E-state index is 0.156. The van der Waals surface area contributed by atoms with Gasteiger partial charge in [-0.2, -0.15) is 0 Å². The molecule has 2 aromatic carbocycles. The van der Waals surface area contributed by atoms with Gasteiger partial charge in [-0.1, -0.05) is 36.4 Å². The quantitative estimate of drug-likeness (QED) is 0.715. The Bertz CT molecular complexity index is 813. The molecule has 0 radical (unpaired) electrons. The Hall–Kier alpha value is -2.24. The van der Waals surface area contributed by atoms with Crippen LogP contribution in [0.25, 0.3) is 10.1 Å². The molecule has 0 fully saturated rings. The third-order valence-electron chi connectivity index (χ3n) is 3.84. The highest BCUT2D eigenvalue weighted by molar-refractivity contribution is 7.19. The summed E-state index contributed by atoms with van der Waals surface area (Å²) in [5.74, 6) is -0.492. The van der Waals surface area contributed by atoms with E-state index in [1.165, 1.54) is 17.4 Å². The zero-order valence-electron chi connectivity index (χ0n) is 13.0. The lowest BCUT2D eigenvalue weighted by Crippen LogP contribution is -2.28. The maximum Gasteiger partial charge on any atom is 0.220 e. The number of rotatable bonds is 6. The van der Waals surface area contributed by atoms with Gasteiger partial charge in [0.25, 0.3) is 0 Å². The monoisotopic (exact) mass is 343 g/mol. The van der Waals surface area contributed by atoms with E-state index < -0.39 is 6.10 Å². The fraction of sp³-hybridized carbons (Fsp3) is 0.211. The molecule has 3 nitrogen and oxygen atoms in total. The van der Waals surface area contributed by atoms with Crippen molar-refractivity contribution in [1.82, 2.24) is 5.32 Å². The minimum atomic E-state index is -0.736. The van der Waals surface area contributed by atoms with Gasteiger partial charge in [0.2, 0.25) is 5.91 Å². The van der Waals surface area contributed by atoms with E-state index in [1.54, 1.807) is 18.2 Å². The van der Waals surface area contributed by atoms with Crippen LogP contribution in [0.4, 0.5) is 4.39 Å². The molecule has 24 heavy (non-hydrogen) atoms. The molecule has 3 aromatic rings. The first kappa shape index (κ1) is 16.6. The van der Waals surface area contributed by atoms with Crippen LogP contribution in [-0.2, 0) is 11.2 Å². The summed E-state index contributed by atoms with van der Waals surface area (Å²) >= 11 is 1.52. The molecule has 0 aliphatic heterocycles. The predicted molar refractivity (Wildman–Crippen MR) is 94.5 cm³/mol. The Labute approximate surface area is 143 Å². The fourth-order valence-corrected chi connectivity index (χ4v) is 3.57. The van der Waals surface area contributed by atoms with Gasteiger partial charge >= 0.3 is 0 Å². The smallest absolute Gasteiger partial charge is 0.220 e. The highest BCUT2D eigenvalue weighted by Gasteiger charge is 2.13. The van der Waals surface area contributed by atoms with Gasteiger partial charge in [-0.25, -0.2) is 4.39 Å². The van der Waals surface area contributed by atoms with Gasteiger partial charge in [0.1, 0.15) is 11.9 Å². The number of fused-ring (bicyclic) bond motifs is 1. The van der Waals surface area contributed by atoms with Crippen molar-refractivity contribution in [2.75, 3.05) is 6.54 Å². The van der Waals surface area contributed by atoms with Gasteiger partial charge in [0.15, 0.2) is 0 Å². The normalized spacial score (nSPS) is 12.2. The minimum Gasteiger partial charge on any atom is -0.386 e. The van der Waals surface area contributed by atoms with Crippen molar-refractivity contribution in [2.45, 2.75) is 18.9 Å². The first-order valence-electron chi connectivity index (χ1n) is 7.80. The number of aliphatic hydroxyl groups is 1. The van der Waals surface area contributed by atoms with Gasteiger partial charge in [-0.15, -0.1) is 11.3 Å². The Morgan fingerprint density at radius 1 is 1.17 bits per heavy atom. The molecule has 0 bridgehead atoms. The number of carbonyl (C=O) groups excluding carboxylic acids is 1. The van der Waals surface area contributed by atoms with Gasteiger partial charge in [0.05, 0.1) is 0 Å². The summed E-state index contributed by atoms with van der Waals surface area (Å²) in [6.07, 6.45) is -0.197. The number of aliphatic hydroxyl groups excluding tert-OH is 1. The number of benzene rings is 2. The van der Waals surface area contributed by atoms with Crippen molar-refractivity contribution in [3.63, 3.8) is 0 Å². The molecule has 0 aliphatic carbocycles. The van der Waals surface area contributed by atoms with Gasteiger partial charge < -0.3 is 10.4 Å². The summed E-state index contributed by atoms with van der Waals surface area (Å²) in [6, 6.07) is 16.3. The SMILES string of the molecule is O=C(CCc1ccccc1F)NCC(O)c1cc2ccccc2s1. The zero-order chi connectivity index (χ0) is 16.9. The standard InChI is InChI=1S/C19H18FNO2S/c20-15-7-3-1-5-13(15)9-10-19(23)21-12-16(22)18-11-14-6-2-4-8-17(14)24-18/h1-8,11,16,22H,9-10,12H2,(H,21,23). The highest BCUT2D eigenvalue weighted by atomic mass is 32.1. The summed E-state index contributed by atoms with van der Waals surface area (Å²) in [6.45, 7) is 0.156. The molecule has 1 unspecified atom stereocenters. The lowest BCUT2D eigenvalue weighted by molar-refractivity contribution is -0.121. The second-order valence-electron chi connectivity index (χ2n) is 5.60. The van der Waals surface area contributed by atoms with Crippen LogP contribution in [-0.4, -0.2) is 17.6 Å². The van der Waals surface area contributed by atoms with Crippen LogP contribution in [0.1, 0.15) is 23.0 Å². The Kier molecular flexibility index (Phi) is 5.23. The van der Waals surface area contributed by atoms with E-state index in [0.717, 1.165) is 15.0 Å². The predicted octanol–water partition coefficient (Wildman–Crippen LogP) is 3.82. The molecule has 2 N–H and O–H groups in total. The van der Waals surface area contributed by atoms with E-state index in [0.29, 0.717) is 12.0 Å². The van der Waals surface area contributed by atoms with E-state index in [1.807, 2.05) is 30.3 Å². The Morgan fingerprint density at radius 2 is 1.92 bits per heavy atom. The van der Waals surface area contributed by atoms with Crippen molar-refractivity contribution in [1.29, 1.82) is 0 Å². The number of amides is 1. The van der Waals surface area contributed by atoms with Crippen LogP contribution in [0.15, 0.2) is 54.6 Å². The van der Waals surface area contributed by atoms with Crippen molar-refractivity contribution in [3.8, 4) is 0 Å². The number of nitrogens with one attached hydrogen (secondary N) is 1. The van der Waals surface area contributed by atoms with Gasteiger partial charge in [-0.3, -0.25) is 4.79 Å². The molecule has 0 aliphatic rings. The molecule has 3 rings (SSSR count). The van der Waals surface area contributed by atoms with E-state index in [4.69, 9.17) is 0 Å². The molecule has 0 saturated heterocycles. The summed E-state index contributed by atoms with van der Waals surface area (Å²) in [7, 11) is 0. The number of halogens is 1. The first-order valence-corrected chi connectivity index (χ1v) is 8.62. The Balaban J connectivity index is 1.51. The molecule has 124 valence electrons. The Morgan fingerprint density at radius 3 is 2.71 bits per heavy atom. The highest BCUT2D eigenvalue weighted by Crippen LogP contribution is 2.29. The number of hydrogen-bond acceptors (Lipinski definition) is 3. The van der Waals surface area contributed by atoms with Crippen molar-refractivity contribution in [2.24, 2.45) is 0 Å². The summed E-state index contributed by atoms with van der Waals surface area (Å²) in [5, 5.41) is 14.0. The molecule has 1 aromatic heterocycles. The van der Waals surface area contributed by atoms with Crippen LogP contribution in [0.5, 0.6) is 0 Å². The summed E-state index contributed by atoms with van der Waals surface area (Å²) in [5.41, 5.74) is 0.526. The second kappa shape index (κ2) is 7.55. The lowest BCUT2D eigenvalue weighted by atomic mass is 10.1. The number of carbonyl (C=O) groups is 1. The average Bonchev–Trinajstić information content (AvgIpc) is 3.03. The molecular formula is C19H18FNO2S. The van der Waals surface area contributed by atoms with Crippen LogP contribution in [0.3, 0.4) is 0 Å². The number of aryl methyl sites for hydroxylation is 1. The van der Waals surface area contributed by atoms with Crippen molar-refractivity contribution < 1.29 is 14.3 Å². The van der Waals surface area contributed by atoms with Gasteiger partial charge in [-0.05, 0) is 35.6 Å². The maximum absolute atomic E-state index is 13.5. The lowest BCUT2D eigenvalue weighted by Gasteiger charge is -2.10. The number of hydrogen-bond donors (Lipinski definition) is 2. The van der Waals surface area contributed by atoms with E-state index in [2.05, 4.69) is 5.32 Å². The number of thiophene rings is 1. The molecule has 1 amide bonds. The molecule has 0 spiro atoms. The second-order valence-corrected chi connectivity index (χ2v) is 6.71. The third-order valence-corrected chi connectivity index (χ3v) is 5.06. The largest absolute Gasteiger partial charge is 0.386 e. The summed E-state index contributed by atoms with van der Waals surface area (Å²) in [4.78, 5) is 12.7. The average molecular weight is 343 g/mol. The zero-order valence-corrected chi connectivity index (χ0v) is 13.9. The molecule has 0 saturated carbocycles. The van der Waals surface area contributed by atoms with E-state index >= 15 is 0 Å².